The number of fused-ring (bicyclic) bond motifs is 1. The van der Waals surface area contributed by atoms with Gasteiger partial charge in [-0.25, -0.2) is 9.78 Å². The number of amides is 2. The molecule has 168 valence electrons. The van der Waals surface area contributed by atoms with Gasteiger partial charge in [-0.3, -0.25) is 19.6 Å². The molecule has 0 radical (unpaired) electrons. The standard InChI is InChI=1S/C20H21N5O5S2/c1-2-12(32-20-21-9-22-24-20)11-8-31-18-13(17(28)25(18)14(11)19(29)30)23-16(27)15(26)10-6-4-3-5-7-10/h3-7,9,12-13,15,18,26H,2,8H2,1H3,(H,23,27)(H,29,30)(H,21,22,24)/t12?,13?,15?,18-/m0/s1. The zero-order chi connectivity index (χ0) is 22.8. The number of hydrogen-bond acceptors (Lipinski definition) is 8. The number of aromatic nitrogens is 3. The SMILES string of the molecule is CCC(Sc1nc[nH]n1)C1=C(C(=O)O)N2C(=O)C(NC(=O)C(O)c3ccccc3)[C@@H]2SC1. The molecule has 0 saturated carbocycles. The normalized spacial score (nSPS) is 22.1. The van der Waals surface area contributed by atoms with E-state index < -0.39 is 35.3 Å². The Balaban J connectivity index is 1.52. The van der Waals surface area contributed by atoms with Gasteiger partial charge < -0.3 is 15.5 Å². The van der Waals surface area contributed by atoms with E-state index in [-0.39, 0.29) is 10.9 Å². The van der Waals surface area contributed by atoms with Gasteiger partial charge in [0, 0.05) is 11.0 Å². The van der Waals surface area contributed by atoms with Crippen LogP contribution >= 0.6 is 23.5 Å². The number of aliphatic hydroxyl groups excluding tert-OH is 1. The van der Waals surface area contributed by atoms with Crippen LogP contribution in [0.4, 0.5) is 0 Å². The van der Waals surface area contributed by atoms with Crippen molar-refractivity contribution in [3.05, 3.63) is 53.5 Å². The Hall–Kier alpha value is -2.83. The van der Waals surface area contributed by atoms with Crippen LogP contribution in [0.2, 0.25) is 0 Å². The van der Waals surface area contributed by atoms with Gasteiger partial charge in [0.1, 0.15) is 23.4 Å². The molecule has 4 N–H and O–H groups in total. The van der Waals surface area contributed by atoms with Crippen LogP contribution in [-0.2, 0) is 14.4 Å². The summed E-state index contributed by atoms with van der Waals surface area (Å²) in [6.45, 7) is 1.93. The lowest BCUT2D eigenvalue weighted by Crippen LogP contribution is -2.71. The molecule has 0 spiro atoms. The molecule has 12 heteroatoms. The van der Waals surface area contributed by atoms with Crippen molar-refractivity contribution in [2.75, 3.05) is 5.75 Å². The third-order valence-corrected chi connectivity index (χ3v) is 7.87. The molecule has 4 rings (SSSR count). The van der Waals surface area contributed by atoms with Crippen molar-refractivity contribution in [2.45, 2.75) is 41.3 Å². The first kappa shape index (κ1) is 22.4. The number of nitrogens with one attached hydrogen (secondary N) is 2. The highest BCUT2D eigenvalue weighted by molar-refractivity contribution is 8.01. The lowest BCUT2D eigenvalue weighted by atomic mass is 10.00. The molecule has 32 heavy (non-hydrogen) atoms. The topological polar surface area (TPSA) is 149 Å². The minimum absolute atomic E-state index is 0.0530. The number of H-pyrrole nitrogens is 1. The molecule has 2 aliphatic heterocycles. The number of aliphatic hydroxyl groups is 1. The average molecular weight is 476 g/mol. The molecule has 2 aliphatic rings. The van der Waals surface area contributed by atoms with Crippen LogP contribution in [0, 0.1) is 0 Å². The first-order valence-corrected chi connectivity index (χ1v) is 11.8. The first-order chi connectivity index (χ1) is 15.4. The molecule has 3 heterocycles. The number of carboxylic acids is 1. The summed E-state index contributed by atoms with van der Waals surface area (Å²) in [6, 6.07) is 7.49. The summed E-state index contributed by atoms with van der Waals surface area (Å²) in [5.74, 6) is -2.02. The number of carbonyl (C=O) groups excluding carboxylic acids is 2. The van der Waals surface area contributed by atoms with Gasteiger partial charge in [0.2, 0.25) is 5.16 Å². The van der Waals surface area contributed by atoms with Gasteiger partial charge in [-0.1, -0.05) is 49.0 Å². The van der Waals surface area contributed by atoms with Crippen LogP contribution < -0.4 is 5.32 Å². The number of carbonyl (C=O) groups is 3. The zero-order valence-electron chi connectivity index (χ0n) is 17.0. The van der Waals surface area contributed by atoms with Gasteiger partial charge >= 0.3 is 5.97 Å². The molecular weight excluding hydrogens is 454 g/mol. The Labute approximate surface area is 191 Å². The molecular formula is C20H21N5O5S2. The van der Waals surface area contributed by atoms with Crippen LogP contribution in [0.1, 0.15) is 25.0 Å². The highest BCUT2D eigenvalue weighted by atomic mass is 32.2. The van der Waals surface area contributed by atoms with Gasteiger partial charge in [-0.15, -0.1) is 16.9 Å². The van der Waals surface area contributed by atoms with Gasteiger partial charge in [0.15, 0.2) is 6.10 Å². The summed E-state index contributed by atoms with van der Waals surface area (Å²) < 4.78 is 0. The van der Waals surface area contributed by atoms with E-state index in [0.29, 0.717) is 28.5 Å². The number of aromatic amines is 1. The summed E-state index contributed by atoms with van der Waals surface area (Å²) in [5.41, 5.74) is 0.981. The van der Waals surface area contributed by atoms with E-state index >= 15 is 0 Å². The highest BCUT2D eigenvalue weighted by Crippen LogP contribution is 2.44. The average Bonchev–Trinajstić information content (AvgIpc) is 3.33. The summed E-state index contributed by atoms with van der Waals surface area (Å²) >= 11 is 2.72. The van der Waals surface area contributed by atoms with Gasteiger partial charge in [0.25, 0.3) is 11.8 Å². The second kappa shape index (κ2) is 9.35. The van der Waals surface area contributed by atoms with Gasteiger partial charge in [-0.2, -0.15) is 0 Å². The molecule has 4 atom stereocenters. The third-order valence-electron chi connectivity index (χ3n) is 5.26. The van der Waals surface area contributed by atoms with E-state index in [1.165, 1.54) is 34.8 Å². The summed E-state index contributed by atoms with van der Waals surface area (Å²) in [5, 5.41) is 29.1. The van der Waals surface area contributed by atoms with E-state index in [1.54, 1.807) is 30.3 Å². The molecule has 0 aliphatic carbocycles. The number of carboxylic acid groups (broad SMARTS) is 1. The maximum absolute atomic E-state index is 12.9. The fourth-order valence-corrected chi connectivity index (χ4v) is 6.20. The largest absolute Gasteiger partial charge is 0.477 e. The van der Waals surface area contributed by atoms with Crippen molar-refractivity contribution in [1.29, 1.82) is 0 Å². The predicted octanol–water partition coefficient (Wildman–Crippen LogP) is 1.15. The second-order valence-corrected chi connectivity index (χ2v) is 9.46. The number of nitrogens with zero attached hydrogens (tertiary/aromatic N) is 3. The van der Waals surface area contributed by atoms with E-state index in [9.17, 15) is 24.6 Å². The van der Waals surface area contributed by atoms with Crippen molar-refractivity contribution >= 4 is 41.3 Å². The summed E-state index contributed by atoms with van der Waals surface area (Å²) in [7, 11) is 0. The molecule has 10 nitrogen and oxygen atoms in total. The van der Waals surface area contributed by atoms with Crippen LogP contribution in [0.15, 0.2) is 53.1 Å². The summed E-state index contributed by atoms with van der Waals surface area (Å²) in [4.78, 5) is 42.8. The number of β-lactam (4-membered cyclic amide) rings is 1. The molecule has 1 fully saturated rings. The van der Waals surface area contributed by atoms with Crippen molar-refractivity contribution < 1.29 is 24.6 Å². The Morgan fingerprint density at radius 1 is 1.38 bits per heavy atom. The van der Waals surface area contributed by atoms with E-state index in [4.69, 9.17) is 0 Å². The van der Waals surface area contributed by atoms with Crippen LogP contribution in [-0.4, -0.2) is 70.5 Å². The minimum Gasteiger partial charge on any atom is -0.477 e. The maximum Gasteiger partial charge on any atom is 0.352 e. The highest BCUT2D eigenvalue weighted by Gasteiger charge is 2.55. The van der Waals surface area contributed by atoms with E-state index in [2.05, 4.69) is 20.5 Å². The smallest absolute Gasteiger partial charge is 0.352 e. The predicted molar refractivity (Wildman–Crippen MR) is 117 cm³/mol. The Morgan fingerprint density at radius 3 is 2.75 bits per heavy atom. The Kier molecular flexibility index (Phi) is 6.53. The van der Waals surface area contributed by atoms with Crippen molar-refractivity contribution in [2.24, 2.45) is 0 Å². The van der Waals surface area contributed by atoms with Crippen LogP contribution in [0.3, 0.4) is 0 Å². The minimum atomic E-state index is -1.42. The fraction of sp³-hybridized carbons (Fsp3) is 0.350. The molecule has 1 saturated heterocycles. The molecule has 3 unspecified atom stereocenters. The quantitative estimate of drug-likeness (QED) is 0.326. The Morgan fingerprint density at radius 2 is 2.12 bits per heavy atom. The summed E-state index contributed by atoms with van der Waals surface area (Å²) in [6.07, 6.45) is 0.657. The number of aliphatic carboxylic acids is 1. The van der Waals surface area contributed by atoms with Gasteiger partial charge in [0.05, 0.1) is 0 Å². The fourth-order valence-electron chi connectivity index (χ4n) is 3.69. The van der Waals surface area contributed by atoms with E-state index in [0.717, 1.165) is 0 Å². The molecule has 1 aromatic heterocycles. The van der Waals surface area contributed by atoms with E-state index in [1.807, 2.05) is 6.92 Å². The van der Waals surface area contributed by atoms with Crippen LogP contribution in [0.5, 0.6) is 0 Å². The molecule has 2 aromatic rings. The lowest BCUT2D eigenvalue weighted by Gasteiger charge is -2.50. The molecule has 2 amide bonds. The number of hydrogen-bond donors (Lipinski definition) is 4. The number of thioether (sulfide) groups is 2. The molecule has 1 aromatic carbocycles. The Bertz CT molecular complexity index is 1050. The second-order valence-electron chi connectivity index (χ2n) is 7.18. The van der Waals surface area contributed by atoms with Crippen molar-refractivity contribution in [1.82, 2.24) is 25.4 Å². The van der Waals surface area contributed by atoms with Crippen molar-refractivity contribution in [3.63, 3.8) is 0 Å². The van der Waals surface area contributed by atoms with Crippen molar-refractivity contribution in [3.8, 4) is 0 Å². The maximum atomic E-state index is 12.9. The zero-order valence-corrected chi connectivity index (χ0v) is 18.6. The van der Waals surface area contributed by atoms with Crippen LogP contribution in [0.25, 0.3) is 0 Å². The monoisotopic (exact) mass is 475 g/mol. The number of rotatable bonds is 8. The lowest BCUT2D eigenvalue weighted by molar-refractivity contribution is -0.151. The first-order valence-electron chi connectivity index (χ1n) is 9.89. The number of benzene rings is 1. The third kappa shape index (κ3) is 4.12. The van der Waals surface area contributed by atoms with Gasteiger partial charge in [-0.05, 0) is 17.6 Å². The molecule has 0 bridgehead atoms.